The van der Waals surface area contributed by atoms with E-state index < -0.39 is 0 Å². The molecule has 0 aliphatic carbocycles. The van der Waals surface area contributed by atoms with Gasteiger partial charge in [-0.3, -0.25) is 14.7 Å². The largest absolute Gasteiger partial charge is 0.298 e. The second-order valence-corrected chi connectivity index (χ2v) is 3.89. The van der Waals surface area contributed by atoms with Crippen LogP contribution in [0, 0.1) is 0 Å². The summed E-state index contributed by atoms with van der Waals surface area (Å²) in [6.45, 7) is 12.5. The Bertz CT molecular complexity index is 377. The van der Waals surface area contributed by atoms with Gasteiger partial charge >= 0.3 is 0 Å². The first-order valence-corrected chi connectivity index (χ1v) is 6.31. The average molecular weight is 248 g/mol. The number of carbonyl (C=O) groups excluding carboxylic acids is 1. The molecule has 100 valence electrons. The van der Waals surface area contributed by atoms with E-state index in [2.05, 4.69) is 23.0 Å². The topological polar surface area (TPSA) is 33.2 Å². The van der Waals surface area contributed by atoms with Crippen molar-refractivity contribution in [1.82, 2.24) is 9.88 Å². The first-order valence-electron chi connectivity index (χ1n) is 6.31. The number of nitrogens with zero attached hydrogens (tertiary/aromatic N) is 2. The SMILES string of the molecule is C=C.CC.CC(=O)C1Cc2cnccc2CN1C. The predicted octanol–water partition coefficient (Wildman–Crippen LogP) is 2.86. The summed E-state index contributed by atoms with van der Waals surface area (Å²) in [5.74, 6) is 0.238. The average Bonchev–Trinajstić information content (AvgIpc) is 2.42. The Hall–Kier alpha value is -1.48. The lowest BCUT2D eigenvalue weighted by atomic mass is 9.94. The van der Waals surface area contributed by atoms with Crippen LogP contribution in [0.15, 0.2) is 31.6 Å². The molecule has 2 rings (SSSR count). The molecule has 1 aromatic rings. The summed E-state index contributed by atoms with van der Waals surface area (Å²) in [4.78, 5) is 17.5. The van der Waals surface area contributed by atoms with Crippen LogP contribution in [0.2, 0.25) is 0 Å². The fourth-order valence-corrected chi connectivity index (χ4v) is 1.99. The van der Waals surface area contributed by atoms with Gasteiger partial charge in [-0.1, -0.05) is 13.8 Å². The van der Waals surface area contributed by atoms with Crippen molar-refractivity contribution < 1.29 is 4.79 Å². The zero-order valence-corrected chi connectivity index (χ0v) is 11.9. The molecule has 0 radical (unpaired) electrons. The minimum atomic E-state index is 0.0340. The molecular weight excluding hydrogens is 224 g/mol. The van der Waals surface area contributed by atoms with Crippen molar-refractivity contribution >= 4 is 5.78 Å². The zero-order valence-electron chi connectivity index (χ0n) is 11.9. The fourth-order valence-electron chi connectivity index (χ4n) is 1.99. The van der Waals surface area contributed by atoms with Crippen molar-refractivity contribution in [3.05, 3.63) is 42.7 Å². The van der Waals surface area contributed by atoms with Crippen LogP contribution in [0.5, 0.6) is 0 Å². The molecule has 1 aliphatic rings. The maximum Gasteiger partial charge on any atom is 0.147 e. The van der Waals surface area contributed by atoms with E-state index in [0.29, 0.717) is 0 Å². The Labute approximate surface area is 111 Å². The van der Waals surface area contributed by atoms with Crippen LogP contribution in [0.3, 0.4) is 0 Å². The van der Waals surface area contributed by atoms with Gasteiger partial charge in [0, 0.05) is 18.9 Å². The molecule has 0 saturated heterocycles. The number of hydrogen-bond acceptors (Lipinski definition) is 3. The van der Waals surface area contributed by atoms with Crippen LogP contribution in [0.25, 0.3) is 0 Å². The monoisotopic (exact) mass is 248 g/mol. The smallest absolute Gasteiger partial charge is 0.147 e. The van der Waals surface area contributed by atoms with E-state index in [-0.39, 0.29) is 11.8 Å². The summed E-state index contributed by atoms with van der Waals surface area (Å²) in [5, 5.41) is 0. The number of fused-ring (bicyclic) bond motifs is 1. The Kier molecular flexibility index (Phi) is 7.88. The summed E-state index contributed by atoms with van der Waals surface area (Å²) < 4.78 is 0. The highest BCUT2D eigenvalue weighted by molar-refractivity contribution is 5.82. The molecule has 3 nitrogen and oxygen atoms in total. The minimum Gasteiger partial charge on any atom is -0.298 e. The van der Waals surface area contributed by atoms with Crippen LogP contribution in [0.1, 0.15) is 31.9 Å². The number of likely N-dealkylation sites (N-methyl/N-ethyl adjacent to an activating group) is 1. The summed E-state index contributed by atoms with van der Waals surface area (Å²) >= 11 is 0. The first-order chi connectivity index (χ1) is 8.68. The van der Waals surface area contributed by atoms with Gasteiger partial charge in [0.2, 0.25) is 0 Å². The first kappa shape index (κ1) is 16.5. The standard InChI is InChI=1S/C11H14N2O.C2H6.C2H4/c1-8(14)11-5-10-6-12-4-3-9(10)7-13(11)2;2*1-2/h3-4,6,11H,5,7H2,1-2H3;1-2H3;1-2H2. The molecule has 1 unspecified atom stereocenters. The Balaban J connectivity index is 0.000000659. The fraction of sp³-hybridized carbons (Fsp3) is 0.467. The van der Waals surface area contributed by atoms with Gasteiger partial charge in [-0.2, -0.15) is 0 Å². The van der Waals surface area contributed by atoms with E-state index in [0.717, 1.165) is 13.0 Å². The second kappa shape index (κ2) is 8.59. The van der Waals surface area contributed by atoms with Crippen molar-refractivity contribution in [2.75, 3.05) is 7.05 Å². The predicted molar refractivity (Wildman–Crippen MR) is 76.5 cm³/mol. The van der Waals surface area contributed by atoms with Gasteiger partial charge in [0.25, 0.3) is 0 Å². The molecule has 0 bridgehead atoms. The number of aromatic nitrogens is 1. The van der Waals surface area contributed by atoms with Crippen molar-refractivity contribution in [3.63, 3.8) is 0 Å². The third-order valence-corrected chi connectivity index (χ3v) is 2.84. The molecule has 0 fully saturated rings. The van der Waals surface area contributed by atoms with E-state index in [1.54, 1.807) is 13.1 Å². The normalized spacial score (nSPS) is 17.4. The van der Waals surface area contributed by atoms with E-state index >= 15 is 0 Å². The van der Waals surface area contributed by atoms with Crippen LogP contribution in [-0.2, 0) is 17.8 Å². The Morgan fingerprint density at radius 1 is 1.39 bits per heavy atom. The van der Waals surface area contributed by atoms with Gasteiger partial charge in [0.05, 0.1) is 6.04 Å². The van der Waals surface area contributed by atoms with Gasteiger partial charge < -0.3 is 0 Å². The number of pyridine rings is 1. The maximum atomic E-state index is 11.4. The van der Waals surface area contributed by atoms with E-state index in [1.807, 2.05) is 33.2 Å². The molecular formula is C15H24N2O. The van der Waals surface area contributed by atoms with Crippen molar-refractivity contribution in [2.45, 2.75) is 39.8 Å². The maximum absolute atomic E-state index is 11.4. The second-order valence-electron chi connectivity index (χ2n) is 3.89. The van der Waals surface area contributed by atoms with Gasteiger partial charge in [-0.05, 0) is 37.6 Å². The lowest BCUT2D eigenvalue weighted by Gasteiger charge is -2.31. The molecule has 0 N–H and O–H groups in total. The minimum absolute atomic E-state index is 0.0340. The van der Waals surface area contributed by atoms with Gasteiger partial charge in [-0.15, -0.1) is 13.2 Å². The highest BCUT2D eigenvalue weighted by atomic mass is 16.1. The highest BCUT2D eigenvalue weighted by Gasteiger charge is 2.26. The molecule has 0 saturated carbocycles. The zero-order chi connectivity index (χ0) is 14.1. The van der Waals surface area contributed by atoms with Gasteiger partial charge in [-0.25, -0.2) is 0 Å². The van der Waals surface area contributed by atoms with E-state index in [1.165, 1.54) is 11.1 Å². The van der Waals surface area contributed by atoms with Crippen molar-refractivity contribution in [3.8, 4) is 0 Å². The number of hydrogen-bond donors (Lipinski definition) is 0. The summed E-state index contributed by atoms with van der Waals surface area (Å²) in [6.07, 6.45) is 4.48. The molecule has 1 aliphatic heterocycles. The van der Waals surface area contributed by atoms with Crippen LogP contribution >= 0.6 is 0 Å². The van der Waals surface area contributed by atoms with E-state index in [4.69, 9.17) is 0 Å². The lowest BCUT2D eigenvalue weighted by Crippen LogP contribution is -2.42. The van der Waals surface area contributed by atoms with Gasteiger partial charge in [0.15, 0.2) is 0 Å². The third-order valence-electron chi connectivity index (χ3n) is 2.84. The summed E-state index contributed by atoms with van der Waals surface area (Å²) in [7, 11) is 2.00. The van der Waals surface area contributed by atoms with Crippen LogP contribution in [-0.4, -0.2) is 28.8 Å². The number of ketones is 1. The van der Waals surface area contributed by atoms with E-state index in [9.17, 15) is 4.79 Å². The Morgan fingerprint density at radius 3 is 2.56 bits per heavy atom. The molecule has 1 atom stereocenters. The molecule has 18 heavy (non-hydrogen) atoms. The highest BCUT2D eigenvalue weighted by Crippen LogP contribution is 2.21. The molecule has 0 spiro atoms. The molecule has 3 heteroatoms. The summed E-state index contributed by atoms with van der Waals surface area (Å²) in [5.41, 5.74) is 2.51. The Morgan fingerprint density at radius 2 is 2.00 bits per heavy atom. The van der Waals surface area contributed by atoms with Gasteiger partial charge in [0.1, 0.15) is 5.78 Å². The molecule has 0 aromatic carbocycles. The lowest BCUT2D eigenvalue weighted by molar-refractivity contribution is -0.122. The number of carbonyl (C=O) groups is 1. The summed E-state index contributed by atoms with van der Waals surface area (Å²) in [6, 6.07) is 2.06. The van der Waals surface area contributed by atoms with Crippen molar-refractivity contribution in [1.29, 1.82) is 0 Å². The van der Waals surface area contributed by atoms with Crippen LogP contribution in [0.4, 0.5) is 0 Å². The van der Waals surface area contributed by atoms with Crippen molar-refractivity contribution in [2.24, 2.45) is 0 Å². The molecule has 2 heterocycles. The third kappa shape index (κ3) is 4.08. The van der Waals surface area contributed by atoms with Crippen LogP contribution < -0.4 is 0 Å². The quantitative estimate of drug-likeness (QED) is 0.717. The molecule has 1 aromatic heterocycles. The number of rotatable bonds is 1. The number of Topliss-reactive ketones (excluding diaryl/α,β-unsaturated/α-hetero) is 1. The molecule has 0 amide bonds.